The van der Waals surface area contributed by atoms with Crippen LogP contribution in [-0.2, 0) is 41.5 Å². The van der Waals surface area contributed by atoms with Crippen molar-refractivity contribution in [1.29, 1.82) is 0 Å². The van der Waals surface area contributed by atoms with Gasteiger partial charge in [0.05, 0.1) is 0 Å². The normalized spacial score (nSPS) is 11.9. The van der Waals surface area contributed by atoms with Crippen LogP contribution in [0.25, 0.3) is 11.1 Å². The van der Waals surface area contributed by atoms with Crippen LogP contribution < -0.4 is 30.0 Å². The van der Waals surface area contributed by atoms with E-state index in [0.717, 1.165) is 6.42 Å². The number of hydrogen-bond acceptors (Lipinski definition) is 0. The summed E-state index contributed by atoms with van der Waals surface area (Å²) in [4.78, 5) is 0. The molecule has 0 atom stereocenters. The number of hydrogen-bond donors (Lipinski definition) is 0. The van der Waals surface area contributed by atoms with Crippen LogP contribution in [0.1, 0.15) is 77.6 Å². The van der Waals surface area contributed by atoms with Crippen molar-refractivity contribution in [2.75, 3.05) is 0 Å². The zero-order valence-electron chi connectivity index (χ0n) is 24.2. The number of benzene rings is 2. The first kappa shape index (κ1) is 35.3. The van der Waals surface area contributed by atoms with Gasteiger partial charge < -0.3 is 24.8 Å². The van der Waals surface area contributed by atoms with Gasteiger partial charge in [0.2, 0.25) is 0 Å². The van der Waals surface area contributed by atoms with Crippen LogP contribution in [0.5, 0.6) is 0 Å². The first-order valence-corrected chi connectivity index (χ1v) is 17.2. The third kappa shape index (κ3) is 10.2. The van der Waals surface area contributed by atoms with Crippen molar-refractivity contribution in [3.63, 3.8) is 0 Å². The van der Waals surface area contributed by atoms with Gasteiger partial charge in [-0.05, 0) is 17.4 Å². The Balaban J connectivity index is 0.000000686. The Hall–Kier alpha value is -0.660. The number of rotatable bonds is 1. The van der Waals surface area contributed by atoms with Crippen LogP contribution >= 0.6 is 0 Å². The van der Waals surface area contributed by atoms with E-state index in [1.54, 1.807) is 29.4 Å². The maximum Gasteiger partial charge on any atom is 0.00392 e. The number of fused-ring (bicyclic) bond motifs is 3. The van der Waals surface area contributed by atoms with Crippen LogP contribution in [0, 0.1) is 6.07 Å². The van der Waals surface area contributed by atoms with Gasteiger partial charge in [-0.15, -0.1) is 5.56 Å². The third-order valence-corrected chi connectivity index (χ3v) is 8.12. The Morgan fingerprint density at radius 2 is 1.39 bits per heavy atom. The van der Waals surface area contributed by atoms with Gasteiger partial charge in [-0.2, -0.15) is 47.5 Å². The van der Waals surface area contributed by atoms with Crippen molar-refractivity contribution in [2.24, 2.45) is 0 Å². The first-order chi connectivity index (χ1) is 15.5. The summed E-state index contributed by atoms with van der Waals surface area (Å²) in [6.45, 7) is 25.0. The second-order valence-electron chi connectivity index (χ2n) is 12.8. The molecule has 0 saturated heterocycles. The van der Waals surface area contributed by atoms with Gasteiger partial charge in [-0.25, -0.2) is 11.3 Å². The summed E-state index contributed by atoms with van der Waals surface area (Å²) in [5, 5.41) is 1.56. The zero-order valence-corrected chi connectivity index (χ0v) is 29.1. The van der Waals surface area contributed by atoms with Crippen LogP contribution in [-0.4, -0.2) is 11.3 Å². The van der Waals surface area contributed by atoms with Gasteiger partial charge in [0.15, 0.2) is 0 Å². The summed E-state index contributed by atoms with van der Waals surface area (Å²) in [6, 6.07) is 23.8. The molecule has 3 aromatic rings. The number of halogens is 2. The van der Waals surface area contributed by atoms with E-state index >= 15 is 0 Å². The van der Waals surface area contributed by atoms with Crippen molar-refractivity contribution in [1.82, 2.24) is 0 Å². The smallest absolute Gasteiger partial charge is 0.00392 e. The van der Waals surface area contributed by atoms with Crippen LogP contribution in [0.2, 0.25) is 19.6 Å². The molecule has 0 radical (unpaired) electrons. The summed E-state index contributed by atoms with van der Waals surface area (Å²) < 4.78 is 1.51. The minimum atomic E-state index is -0.981. The average Bonchev–Trinajstić information content (AvgIpc) is 3.33. The average molecular weight is 619 g/mol. The van der Waals surface area contributed by atoms with Gasteiger partial charge in [0, 0.05) is 8.07 Å². The molecular weight excluding hydrogens is 575 g/mol. The Bertz CT molecular complexity index is 1040. The minimum absolute atomic E-state index is 0. The Morgan fingerprint density at radius 3 is 1.81 bits per heavy atom. The zero-order chi connectivity index (χ0) is 25.9. The van der Waals surface area contributed by atoms with Crippen molar-refractivity contribution < 1.29 is 49.0 Å². The summed E-state index contributed by atoms with van der Waals surface area (Å²) in [5.74, 6) is 0. The van der Waals surface area contributed by atoms with Gasteiger partial charge in [0.1, 0.15) is 0 Å². The molecule has 0 amide bonds. The van der Waals surface area contributed by atoms with E-state index in [1.807, 2.05) is 0 Å². The van der Waals surface area contributed by atoms with E-state index < -0.39 is 8.07 Å². The fourth-order valence-corrected chi connectivity index (χ4v) is 5.05. The molecule has 0 heterocycles. The minimum Gasteiger partial charge on any atom is -1.00 e. The van der Waals surface area contributed by atoms with Crippen LogP contribution in [0.3, 0.4) is 0 Å². The fourth-order valence-electron chi connectivity index (χ4n) is 3.86. The molecule has 0 bridgehead atoms. The van der Waals surface area contributed by atoms with E-state index in [-0.39, 0.29) is 35.6 Å². The quantitative estimate of drug-likeness (QED) is 0.227. The molecule has 4 rings (SSSR count). The molecule has 1 aliphatic rings. The Morgan fingerprint density at radius 1 is 0.861 bits per heavy atom. The largest absolute Gasteiger partial charge is 1.00 e. The maximum atomic E-state index is 3.53. The standard InChI is InChI=1S/C21H25.C8H13Si.C3H6.2ClH.Zr/c1-20(2,3)16-9-7-14-11-15-8-10-17(21(4,5)6)13-19(15)18(14)12-16;1-9(2,3)8-6-4-5-7-8;1-3-2;;;/h7,9-10,12-13H,11H2,1-6H3;4-7H,1-3H3;1-2H3;2*1H;/q2*-1;;;;+2/p-2. The predicted molar refractivity (Wildman–Crippen MR) is 152 cm³/mol. The maximum absolute atomic E-state index is 3.53. The SMILES string of the molecule is CC(C)(C)c1c[c-]c2c(c1)-c1cc(C(C)(C)C)ccc1C2.C[C](C)=[Zr+2].C[Si](C)(C)c1cc[cH-]c1.[Cl-].[Cl-]. The molecule has 0 aliphatic heterocycles. The van der Waals surface area contributed by atoms with E-state index in [9.17, 15) is 0 Å². The first-order valence-electron chi connectivity index (χ1n) is 12.4. The molecule has 36 heavy (non-hydrogen) atoms. The Labute approximate surface area is 250 Å². The van der Waals surface area contributed by atoms with E-state index in [4.69, 9.17) is 0 Å². The van der Waals surface area contributed by atoms with Gasteiger partial charge in [0.25, 0.3) is 0 Å². The van der Waals surface area contributed by atoms with Crippen LogP contribution in [0.15, 0.2) is 54.6 Å². The predicted octanol–water partition coefficient (Wildman–Crippen LogP) is 2.36. The Kier molecular flexibility index (Phi) is 13.7. The van der Waals surface area contributed by atoms with Crippen molar-refractivity contribution >= 4 is 16.5 Å². The van der Waals surface area contributed by atoms with Gasteiger partial charge in [-0.1, -0.05) is 95.9 Å². The van der Waals surface area contributed by atoms with Crippen molar-refractivity contribution in [3.05, 3.63) is 82.9 Å². The van der Waals surface area contributed by atoms with E-state index in [0.29, 0.717) is 0 Å². The molecule has 0 saturated carbocycles. The molecule has 0 spiro atoms. The van der Waals surface area contributed by atoms with Crippen molar-refractivity contribution in [2.45, 2.75) is 92.3 Å². The molecule has 0 nitrogen and oxygen atoms in total. The second kappa shape index (κ2) is 13.9. The molecule has 0 N–H and O–H groups in total. The molecule has 196 valence electrons. The molecule has 4 heteroatoms. The molecule has 3 aromatic carbocycles. The molecule has 0 aromatic heterocycles. The molecule has 1 aliphatic carbocycles. The fraction of sp³-hybridized carbons (Fsp3) is 0.438. The van der Waals surface area contributed by atoms with Gasteiger partial charge in [-0.3, -0.25) is 0 Å². The van der Waals surface area contributed by atoms with Gasteiger partial charge >= 0.3 is 41.3 Å². The molecule has 0 fully saturated rings. The summed E-state index contributed by atoms with van der Waals surface area (Å²) in [7, 11) is -0.981. The summed E-state index contributed by atoms with van der Waals surface area (Å²) >= 11 is 1.55. The van der Waals surface area contributed by atoms with E-state index in [2.05, 4.69) is 136 Å². The monoisotopic (exact) mass is 616 g/mol. The topological polar surface area (TPSA) is 0 Å². The summed E-state index contributed by atoms with van der Waals surface area (Å²) in [6.07, 6.45) is 1.03. The third-order valence-electron chi connectivity index (χ3n) is 6.05. The second-order valence-corrected chi connectivity index (χ2v) is 20.3. The van der Waals surface area contributed by atoms with E-state index in [1.165, 1.54) is 36.6 Å². The van der Waals surface area contributed by atoms with Crippen molar-refractivity contribution in [3.8, 4) is 11.1 Å². The molecular formula is C32H44Cl2SiZr-2. The molecule has 0 unspecified atom stereocenters. The van der Waals surface area contributed by atoms with Crippen LogP contribution in [0.4, 0.5) is 0 Å². The summed E-state index contributed by atoms with van der Waals surface area (Å²) in [5.41, 5.74) is 8.76.